The van der Waals surface area contributed by atoms with Crippen molar-refractivity contribution in [3.63, 3.8) is 0 Å². The molecule has 3 aliphatic rings. The number of allylic oxidation sites excluding steroid dienone is 3. The number of nitrogens with one attached hydrogen (secondary N) is 1. The fourth-order valence-electron chi connectivity index (χ4n) is 5.55. The van der Waals surface area contributed by atoms with Gasteiger partial charge in [0.2, 0.25) is 5.91 Å². The molecule has 36 heavy (non-hydrogen) atoms. The lowest BCUT2D eigenvalue weighted by atomic mass is 9.94. The Morgan fingerprint density at radius 3 is 2.72 bits per heavy atom. The van der Waals surface area contributed by atoms with Crippen molar-refractivity contribution in [3.8, 4) is 6.07 Å². The first-order valence-corrected chi connectivity index (χ1v) is 12.6. The van der Waals surface area contributed by atoms with E-state index in [-0.39, 0.29) is 24.4 Å². The van der Waals surface area contributed by atoms with Gasteiger partial charge in [0.05, 0.1) is 18.2 Å². The fraction of sp³-hybridized carbons (Fsp3) is 0.345. The van der Waals surface area contributed by atoms with Crippen molar-refractivity contribution in [2.24, 2.45) is 0 Å². The molecule has 1 fully saturated rings. The molecular weight excluding hydrogens is 455 g/mol. The molecular formula is C29H29FN4O2. The molecule has 1 atom stereocenters. The zero-order chi connectivity index (χ0) is 25.1. The molecule has 1 heterocycles. The van der Waals surface area contributed by atoms with Crippen molar-refractivity contribution in [2.75, 3.05) is 16.3 Å². The monoisotopic (exact) mass is 484 g/mol. The van der Waals surface area contributed by atoms with E-state index in [1.807, 2.05) is 41.3 Å². The van der Waals surface area contributed by atoms with Crippen molar-refractivity contribution in [3.05, 3.63) is 83.3 Å². The summed E-state index contributed by atoms with van der Waals surface area (Å²) in [5, 5.41) is 12.5. The van der Waals surface area contributed by atoms with Gasteiger partial charge in [0.15, 0.2) is 0 Å². The molecule has 1 saturated carbocycles. The van der Waals surface area contributed by atoms with Gasteiger partial charge in [-0.2, -0.15) is 5.26 Å². The molecule has 0 saturated heterocycles. The molecule has 2 aromatic rings. The molecule has 0 bridgehead atoms. The van der Waals surface area contributed by atoms with E-state index in [4.69, 9.17) is 0 Å². The standard InChI is InChI=1S/C29H29FN4O2/c30-21-10-8-13-23(17-21)34(27(35)19-32-25-15-6-4-9-20(25)18-31)28-24-14-5-7-16-26(24)33(29(28)36)22-11-2-1-3-12-22/h5-8,10,13-17,22,28,32H,1-4,9,11-12,19H2. The summed E-state index contributed by atoms with van der Waals surface area (Å²) in [6.45, 7) is -0.128. The van der Waals surface area contributed by atoms with Gasteiger partial charge in [0.1, 0.15) is 11.9 Å². The Morgan fingerprint density at radius 1 is 1.14 bits per heavy atom. The van der Waals surface area contributed by atoms with Crippen LogP contribution in [0.15, 0.2) is 72.0 Å². The zero-order valence-corrected chi connectivity index (χ0v) is 20.1. The molecule has 5 rings (SSSR count). The number of halogens is 1. The topological polar surface area (TPSA) is 76.4 Å². The number of hydrogen-bond acceptors (Lipinski definition) is 4. The van der Waals surface area contributed by atoms with Gasteiger partial charge in [-0.3, -0.25) is 14.5 Å². The van der Waals surface area contributed by atoms with E-state index >= 15 is 0 Å². The van der Waals surface area contributed by atoms with Crippen LogP contribution < -0.4 is 15.1 Å². The fourth-order valence-corrected chi connectivity index (χ4v) is 5.55. The number of rotatable bonds is 6. The highest BCUT2D eigenvalue weighted by Gasteiger charge is 2.45. The minimum Gasteiger partial charge on any atom is -0.375 e. The largest absolute Gasteiger partial charge is 0.375 e. The summed E-state index contributed by atoms with van der Waals surface area (Å²) in [5.41, 5.74) is 3.10. The number of hydrogen-bond donors (Lipinski definition) is 1. The predicted molar refractivity (Wildman–Crippen MR) is 136 cm³/mol. The van der Waals surface area contributed by atoms with Gasteiger partial charge in [0, 0.05) is 28.7 Å². The first-order valence-electron chi connectivity index (χ1n) is 12.6. The maximum Gasteiger partial charge on any atom is 0.255 e. The van der Waals surface area contributed by atoms with E-state index in [9.17, 15) is 19.2 Å². The molecule has 1 unspecified atom stereocenters. The molecule has 0 aromatic heterocycles. The summed E-state index contributed by atoms with van der Waals surface area (Å²) < 4.78 is 14.3. The number of anilines is 2. The van der Waals surface area contributed by atoms with Crippen LogP contribution in [0.1, 0.15) is 56.6 Å². The quantitative estimate of drug-likeness (QED) is 0.604. The van der Waals surface area contributed by atoms with Crippen molar-refractivity contribution < 1.29 is 14.0 Å². The van der Waals surface area contributed by atoms with Gasteiger partial charge in [-0.05, 0) is 56.0 Å². The van der Waals surface area contributed by atoms with Gasteiger partial charge in [-0.25, -0.2) is 4.39 Å². The molecule has 2 aliphatic carbocycles. The van der Waals surface area contributed by atoms with E-state index < -0.39 is 11.9 Å². The summed E-state index contributed by atoms with van der Waals surface area (Å²) in [7, 11) is 0. The Balaban J connectivity index is 1.51. The maximum absolute atomic E-state index is 14.3. The minimum atomic E-state index is -0.884. The van der Waals surface area contributed by atoms with Gasteiger partial charge >= 0.3 is 0 Å². The number of carbonyl (C=O) groups is 2. The SMILES string of the molecule is N#CC1=C(NCC(=O)N(c2cccc(F)c2)C2C(=O)N(C3CCCCC3)c3ccccc32)C=CCC1. The van der Waals surface area contributed by atoms with Crippen molar-refractivity contribution in [1.29, 1.82) is 5.26 Å². The Labute approximate surface area is 210 Å². The molecule has 1 aliphatic heterocycles. The Kier molecular flexibility index (Phi) is 6.86. The van der Waals surface area contributed by atoms with Crippen LogP contribution in [0.4, 0.5) is 15.8 Å². The number of para-hydroxylation sites is 1. The highest BCUT2D eigenvalue weighted by atomic mass is 19.1. The number of benzene rings is 2. The number of carbonyl (C=O) groups excluding carboxylic acids is 2. The van der Waals surface area contributed by atoms with Crippen molar-refractivity contribution in [1.82, 2.24) is 5.32 Å². The highest BCUT2D eigenvalue weighted by molar-refractivity contribution is 6.12. The van der Waals surface area contributed by atoms with Gasteiger partial charge in [-0.1, -0.05) is 49.6 Å². The van der Waals surface area contributed by atoms with Gasteiger partial charge in [-0.15, -0.1) is 0 Å². The van der Waals surface area contributed by atoms with Crippen LogP contribution in [0.3, 0.4) is 0 Å². The van der Waals surface area contributed by atoms with Crippen molar-refractivity contribution >= 4 is 23.2 Å². The van der Waals surface area contributed by atoms with Crippen LogP contribution in [0, 0.1) is 17.1 Å². The minimum absolute atomic E-state index is 0.0932. The molecule has 0 radical (unpaired) electrons. The second kappa shape index (κ2) is 10.4. The van der Waals surface area contributed by atoms with E-state index in [1.165, 1.54) is 17.0 Å². The van der Waals surface area contributed by atoms with Crippen LogP contribution >= 0.6 is 0 Å². The molecule has 2 aromatic carbocycles. The van der Waals surface area contributed by atoms with Gasteiger partial charge in [0.25, 0.3) is 5.91 Å². The molecule has 184 valence electrons. The Bertz CT molecular complexity index is 1270. The Morgan fingerprint density at radius 2 is 1.94 bits per heavy atom. The summed E-state index contributed by atoms with van der Waals surface area (Å²) in [4.78, 5) is 31.1. The van der Waals surface area contributed by atoms with Crippen molar-refractivity contribution in [2.45, 2.75) is 57.0 Å². The lowest BCUT2D eigenvalue weighted by Crippen LogP contribution is -2.47. The summed E-state index contributed by atoms with van der Waals surface area (Å²) in [6.07, 6.45) is 10.3. The Hall–Kier alpha value is -3.92. The van der Waals surface area contributed by atoms with E-state index in [0.29, 0.717) is 23.4 Å². The van der Waals surface area contributed by atoms with Crippen LogP contribution in [0.25, 0.3) is 0 Å². The van der Waals surface area contributed by atoms with E-state index in [2.05, 4.69) is 11.4 Å². The van der Waals surface area contributed by atoms with Crippen LogP contribution in [-0.2, 0) is 9.59 Å². The third kappa shape index (κ3) is 4.51. The average molecular weight is 485 g/mol. The second-order valence-electron chi connectivity index (χ2n) is 9.50. The molecule has 6 nitrogen and oxygen atoms in total. The van der Waals surface area contributed by atoms with Crippen LogP contribution in [-0.4, -0.2) is 24.4 Å². The molecule has 7 heteroatoms. The summed E-state index contributed by atoms with van der Waals surface area (Å²) in [6, 6.07) is 14.8. The third-order valence-corrected chi connectivity index (χ3v) is 7.25. The first-order chi connectivity index (χ1) is 17.6. The number of nitrogens with zero attached hydrogens (tertiary/aromatic N) is 3. The summed E-state index contributed by atoms with van der Waals surface area (Å²) in [5.74, 6) is -1.01. The number of nitriles is 1. The second-order valence-corrected chi connectivity index (χ2v) is 9.50. The van der Waals surface area contributed by atoms with Gasteiger partial charge < -0.3 is 10.2 Å². The third-order valence-electron chi connectivity index (χ3n) is 7.25. The molecule has 2 amide bonds. The van der Waals surface area contributed by atoms with Crippen LogP contribution in [0.2, 0.25) is 0 Å². The molecule has 1 N–H and O–H groups in total. The van der Waals surface area contributed by atoms with E-state index in [0.717, 1.165) is 49.8 Å². The maximum atomic E-state index is 14.3. The zero-order valence-electron chi connectivity index (χ0n) is 20.1. The lowest BCUT2D eigenvalue weighted by molar-refractivity contribution is -0.124. The first kappa shape index (κ1) is 23.8. The normalized spacial score (nSPS) is 19.7. The predicted octanol–water partition coefficient (Wildman–Crippen LogP) is 5.30. The van der Waals surface area contributed by atoms with E-state index in [1.54, 1.807) is 12.1 Å². The number of amides is 2. The number of fused-ring (bicyclic) bond motifs is 1. The van der Waals surface area contributed by atoms with Crippen LogP contribution in [0.5, 0.6) is 0 Å². The smallest absolute Gasteiger partial charge is 0.255 e. The summed E-state index contributed by atoms with van der Waals surface area (Å²) >= 11 is 0. The average Bonchev–Trinajstić information content (AvgIpc) is 3.20. The highest BCUT2D eigenvalue weighted by Crippen LogP contribution is 2.44. The lowest BCUT2D eigenvalue weighted by Gasteiger charge is -2.33. The molecule has 0 spiro atoms.